The normalized spacial score (nSPS) is 27.4. The highest BCUT2D eigenvalue weighted by Gasteiger charge is 2.28. The molecule has 0 saturated heterocycles. The number of aliphatic hydroxyl groups excluding tert-OH is 1. The zero-order valence-electron chi connectivity index (χ0n) is 8.15. The first-order chi connectivity index (χ1) is 6.66. The summed E-state index contributed by atoms with van der Waals surface area (Å²) in [7, 11) is 0. The van der Waals surface area contributed by atoms with Gasteiger partial charge in [0.15, 0.2) is 0 Å². The summed E-state index contributed by atoms with van der Waals surface area (Å²) >= 11 is 0. The molecule has 0 radical (unpaired) electrons. The fourth-order valence-electron chi connectivity index (χ4n) is 1.76. The number of amides is 1. The van der Waals surface area contributed by atoms with Crippen LogP contribution in [0.25, 0.3) is 0 Å². The van der Waals surface area contributed by atoms with Gasteiger partial charge in [-0.1, -0.05) is 0 Å². The summed E-state index contributed by atoms with van der Waals surface area (Å²) in [4.78, 5) is 12.8. The van der Waals surface area contributed by atoms with Crippen LogP contribution >= 0.6 is 0 Å². The molecular weight excluding hydrogens is 180 g/mol. The molecule has 0 aromatic heterocycles. The monoisotopic (exact) mass is 196 g/mol. The van der Waals surface area contributed by atoms with Gasteiger partial charge in [-0.25, -0.2) is 0 Å². The summed E-state index contributed by atoms with van der Waals surface area (Å²) in [6, 6.07) is 0. The molecule has 4 nitrogen and oxygen atoms in total. The summed E-state index contributed by atoms with van der Waals surface area (Å²) < 4.78 is 0. The standard InChI is InChI=1S/C10H16N2O2/c11-10(14)8-3-4-9(13)12(6-8)5-7-1-2-7/h6-7,9,13H,1-5H2,(H2,11,14). The van der Waals surface area contributed by atoms with Crippen LogP contribution in [0.2, 0.25) is 0 Å². The van der Waals surface area contributed by atoms with Gasteiger partial charge in [0.05, 0.1) is 0 Å². The number of nitrogens with zero attached hydrogens (tertiary/aromatic N) is 1. The molecule has 0 aromatic rings. The van der Waals surface area contributed by atoms with Crippen molar-refractivity contribution < 1.29 is 9.90 Å². The number of carbonyl (C=O) groups excluding carboxylic acids is 1. The van der Waals surface area contributed by atoms with E-state index < -0.39 is 6.23 Å². The molecule has 1 fully saturated rings. The van der Waals surface area contributed by atoms with Crippen molar-refractivity contribution in [3.05, 3.63) is 11.8 Å². The SMILES string of the molecule is NC(=O)C1=CN(CC2CC2)C(O)CC1. The molecule has 3 N–H and O–H groups in total. The van der Waals surface area contributed by atoms with Crippen LogP contribution in [0.15, 0.2) is 11.8 Å². The van der Waals surface area contributed by atoms with Crippen LogP contribution in [0, 0.1) is 5.92 Å². The lowest BCUT2D eigenvalue weighted by Crippen LogP contribution is -2.37. The van der Waals surface area contributed by atoms with Gasteiger partial charge in [-0.15, -0.1) is 0 Å². The predicted octanol–water partition coefficient (Wildman–Crippen LogP) is 0.180. The summed E-state index contributed by atoms with van der Waals surface area (Å²) in [6.07, 6.45) is 4.98. The quantitative estimate of drug-likeness (QED) is 0.676. The Morgan fingerprint density at radius 1 is 1.57 bits per heavy atom. The van der Waals surface area contributed by atoms with E-state index in [-0.39, 0.29) is 5.91 Å². The number of primary amides is 1. The van der Waals surface area contributed by atoms with E-state index in [4.69, 9.17) is 5.73 Å². The number of carbonyl (C=O) groups is 1. The van der Waals surface area contributed by atoms with Crippen molar-refractivity contribution in [3.63, 3.8) is 0 Å². The molecule has 1 amide bonds. The van der Waals surface area contributed by atoms with E-state index in [1.807, 2.05) is 4.90 Å². The Labute approximate surface area is 83.4 Å². The van der Waals surface area contributed by atoms with Crippen LogP contribution in [0.5, 0.6) is 0 Å². The molecule has 0 aromatic carbocycles. The highest BCUT2D eigenvalue weighted by Crippen LogP contribution is 2.32. The van der Waals surface area contributed by atoms with Crippen LogP contribution in [0.4, 0.5) is 0 Å². The lowest BCUT2D eigenvalue weighted by molar-refractivity contribution is -0.115. The second kappa shape index (κ2) is 3.61. The molecule has 14 heavy (non-hydrogen) atoms. The maximum absolute atomic E-state index is 11.0. The lowest BCUT2D eigenvalue weighted by Gasteiger charge is -2.31. The topological polar surface area (TPSA) is 66.6 Å². The molecule has 1 aliphatic carbocycles. The highest BCUT2D eigenvalue weighted by atomic mass is 16.3. The number of rotatable bonds is 3. The molecule has 2 rings (SSSR count). The second-order valence-electron chi connectivity index (χ2n) is 4.18. The Morgan fingerprint density at radius 2 is 2.29 bits per heavy atom. The average molecular weight is 196 g/mol. The van der Waals surface area contributed by atoms with Gasteiger partial charge in [0.2, 0.25) is 5.91 Å². The molecule has 2 aliphatic rings. The first-order valence-corrected chi connectivity index (χ1v) is 5.11. The summed E-state index contributed by atoms with van der Waals surface area (Å²) in [5, 5.41) is 9.67. The van der Waals surface area contributed by atoms with Crippen LogP contribution in [-0.2, 0) is 4.79 Å². The van der Waals surface area contributed by atoms with E-state index in [1.54, 1.807) is 6.20 Å². The van der Waals surface area contributed by atoms with Crippen molar-refractivity contribution >= 4 is 5.91 Å². The van der Waals surface area contributed by atoms with Gasteiger partial charge < -0.3 is 15.7 Å². The maximum atomic E-state index is 11.0. The van der Waals surface area contributed by atoms with Crippen LogP contribution < -0.4 is 5.73 Å². The van der Waals surface area contributed by atoms with Crippen molar-refractivity contribution in [1.29, 1.82) is 0 Å². The number of nitrogens with two attached hydrogens (primary N) is 1. The molecule has 1 unspecified atom stereocenters. The predicted molar refractivity (Wildman–Crippen MR) is 51.9 cm³/mol. The van der Waals surface area contributed by atoms with E-state index in [2.05, 4.69) is 0 Å². The van der Waals surface area contributed by atoms with Gasteiger partial charge in [0, 0.05) is 18.3 Å². The molecular formula is C10H16N2O2. The first-order valence-electron chi connectivity index (χ1n) is 5.11. The molecule has 1 atom stereocenters. The summed E-state index contributed by atoms with van der Waals surface area (Å²) in [5.74, 6) is 0.339. The number of hydrogen-bond acceptors (Lipinski definition) is 3. The van der Waals surface area contributed by atoms with E-state index in [1.165, 1.54) is 12.8 Å². The molecule has 1 heterocycles. The first kappa shape index (κ1) is 9.52. The third kappa shape index (κ3) is 2.07. The Kier molecular flexibility index (Phi) is 2.46. The van der Waals surface area contributed by atoms with Crippen molar-refractivity contribution in [3.8, 4) is 0 Å². The maximum Gasteiger partial charge on any atom is 0.246 e. The molecule has 4 heteroatoms. The van der Waals surface area contributed by atoms with Gasteiger partial charge in [0.1, 0.15) is 6.23 Å². The zero-order chi connectivity index (χ0) is 10.1. The Balaban J connectivity index is 2.03. The molecule has 0 bridgehead atoms. The lowest BCUT2D eigenvalue weighted by atomic mass is 10.1. The minimum absolute atomic E-state index is 0.363. The molecule has 1 saturated carbocycles. The van der Waals surface area contributed by atoms with E-state index in [0.717, 1.165) is 6.54 Å². The van der Waals surface area contributed by atoms with Gasteiger partial charge in [0.25, 0.3) is 0 Å². The Bertz CT molecular complexity index is 271. The fourth-order valence-corrected chi connectivity index (χ4v) is 1.76. The van der Waals surface area contributed by atoms with Crippen LogP contribution in [-0.4, -0.2) is 28.7 Å². The van der Waals surface area contributed by atoms with Gasteiger partial charge in [-0.3, -0.25) is 4.79 Å². The summed E-state index contributed by atoms with van der Waals surface area (Å²) in [5.41, 5.74) is 5.84. The minimum atomic E-state index is -0.432. The average Bonchev–Trinajstić information content (AvgIpc) is 2.92. The van der Waals surface area contributed by atoms with Crippen molar-refractivity contribution in [2.75, 3.05) is 6.54 Å². The highest BCUT2D eigenvalue weighted by molar-refractivity contribution is 5.91. The molecule has 1 aliphatic heterocycles. The van der Waals surface area contributed by atoms with Crippen molar-refractivity contribution in [1.82, 2.24) is 4.90 Å². The number of hydrogen-bond donors (Lipinski definition) is 2. The minimum Gasteiger partial charge on any atom is -0.374 e. The van der Waals surface area contributed by atoms with E-state index >= 15 is 0 Å². The third-order valence-electron chi connectivity index (χ3n) is 2.86. The van der Waals surface area contributed by atoms with Crippen molar-refractivity contribution in [2.24, 2.45) is 11.7 Å². The van der Waals surface area contributed by atoms with Crippen LogP contribution in [0.3, 0.4) is 0 Å². The third-order valence-corrected chi connectivity index (χ3v) is 2.86. The summed E-state index contributed by atoms with van der Waals surface area (Å²) in [6.45, 7) is 0.859. The van der Waals surface area contributed by atoms with E-state index in [0.29, 0.717) is 24.3 Å². The Morgan fingerprint density at radius 3 is 2.86 bits per heavy atom. The van der Waals surface area contributed by atoms with Gasteiger partial charge in [-0.2, -0.15) is 0 Å². The van der Waals surface area contributed by atoms with E-state index in [9.17, 15) is 9.90 Å². The smallest absolute Gasteiger partial charge is 0.246 e. The van der Waals surface area contributed by atoms with Crippen LogP contribution in [0.1, 0.15) is 25.7 Å². The Hall–Kier alpha value is -1.03. The molecule has 0 spiro atoms. The fraction of sp³-hybridized carbons (Fsp3) is 0.700. The van der Waals surface area contributed by atoms with Gasteiger partial charge in [-0.05, 0) is 31.6 Å². The second-order valence-corrected chi connectivity index (χ2v) is 4.18. The zero-order valence-corrected chi connectivity index (χ0v) is 8.15. The van der Waals surface area contributed by atoms with Gasteiger partial charge >= 0.3 is 0 Å². The molecule has 78 valence electrons. The van der Waals surface area contributed by atoms with Crippen molar-refractivity contribution in [2.45, 2.75) is 31.9 Å². The number of aliphatic hydroxyl groups is 1. The largest absolute Gasteiger partial charge is 0.374 e.